The van der Waals surface area contributed by atoms with E-state index in [-0.39, 0.29) is 11.3 Å². The Morgan fingerprint density at radius 3 is 2.74 bits per heavy atom. The summed E-state index contributed by atoms with van der Waals surface area (Å²) in [5.41, 5.74) is 1.95. The summed E-state index contributed by atoms with van der Waals surface area (Å²) in [6, 6.07) is 5.42. The lowest BCUT2D eigenvalue weighted by Crippen LogP contribution is -2.10. The number of pyridine rings is 2. The molecule has 0 radical (unpaired) electrons. The Labute approximate surface area is 110 Å². The summed E-state index contributed by atoms with van der Waals surface area (Å²) in [4.78, 5) is 29.0. The summed E-state index contributed by atoms with van der Waals surface area (Å²) in [5, 5.41) is 2.79. The highest BCUT2D eigenvalue weighted by atomic mass is 16.1. The van der Waals surface area contributed by atoms with E-state index in [2.05, 4.69) is 15.3 Å². The van der Waals surface area contributed by atoms with Gasteiger partial charge in [0.1, 0.15) is 5.69 Å². The summed E-state index contributed by atoms with van der Waals surface area (Å²) >= 11 is 0. The van der Waals surface area contributed by atoms with Gasteiger partial charge < -0.3 is 10.3 Å². The number of carbonyl (C=O) groups excluding carboxylic acids is 1. The van der Waals surface area contributed by atoms with Crippen molar-refractivity contribution in [3.63, 3.8) is 0 Å². The average Bonchev–Trinajstić information content (AvgIpc) is 2.41. The summed E-state index contributed by atoms with van der Waals surface area (Å²) in [5.74, 6) is -0.0887. The third-order valence-corrected chi connectivity index (χ3v) is 2.47. The van der Waals surface area contributed by atoms with E-state index in [1.165, 1.54) is 19.2 Å². The standard InChI is InChI=1S/C14H13N3O2/c1-10(18)2-7-16-13-8-12(9-17-14(13)19)11-3-5-15-6-4-11/h2-9,16H,1H3,(H,17,19)/b7-2+. The minimum atomic E-state index is -0.244. The molecular weight excluding hydrogens is 242 g/mol. The number of aromatic nitrogens is 2. The molecule has 5 heteroatoms. The van der Waals surface area contributed by atoms with E-state index in [1.807, 2.05) is 12.1 Å². The van der Waals surface area contributed by atoms with Crippen molar-refractivity contribution in [2.24, 2.45) is 0 Å². The van der Waals surface area contributed by atoms with Gasteiger partial charge in [-0.1, -0.05) is 0 Å². The van der Waals surface area contributed by atoms with Crippen LogP contribution in [0.15, 0.2) is 53.9 Å². The fraction of sp³-hybridized carbons (Fsp3) is 0.0714. The Kier molecular flexibility index (Phi) is 3.87. The number of rotatable bonds is 4. The molecule has 0 amide bonds. The maximum atomic E-state index is 11.6. The van der Waals surface area contributed by atoms with Gasteiger partial charge in [0.25, 0.3) is 5.56 Å². The van der Waals surface area contributed by atoms with Crippen molar-refractivity contribution < 1.29 is 4.79 Å². The minimum absolute atomic E-state index is 0.0887. The van der Waals surface area contributed by atoms with Crippen molar-refractivity contribution in [2.45, 2.75) is 6.92 Å². The zero-order valence-corrected chi connectivity index (χ0v) is 10.4. The number of allylic oxidation sites excluding steroid dienone is 1. The molecule has 0 aromatic carbocycles. The van der Waals surface area contributed by atoms with Crippen molar-refractivity contribution in [1.29, 1.82) is 0 Å². The third-order valence-electron chi connectivity index (χ3n) is 2.47. The van der Waals surface area contributed by atoms with E-state index in [9.17, 15) is 9.59 Å². The van der Waals surface area contributed by atoms with Crippen LogP contribution in [0.3, 0.4) is 0 Å². The number of nitrogens with one attached hydrogen (secondary N) is 2. The van der Waals surface area contributed by atoms with Crippen LogP contribution in [0, 0.1) is 0 Å². The molecular formula is C14H13N3O2. The Bertz CT molecular complexity index is 660. The quantitative estimate of drug-likeness (QED) is 0.819. The zero-order valence-electron chi connectivity index (χ0n) is 10.4. The first-order valence-electron chi connectivity index (χ1n) is 5.73. The average molecular weight is 255 g/mol. The van der Waals surface area contributed by atoms with Crippen LogP contribution in [-0.2, 0) is 4.79 Å². The van der Waals surface area contributed by atoms with Crippen LogP contribution >= 0.6 is 0 Å². The molecule has 2 aromatic rings. The Morgan fingerprint density at radius 2 is 2.05 bits per heavy atom. The lowest BCUT2D eigenvalue weighted by molar-refractivity contribution is -0.112. The highest BCUT2D eigenvalue weighted by Gasteiger charge is 2.02. The molecule has 2 heterocycles. The minimum Gasteiger partial charge on any atom is -0.357 e. The molecule has 0 aliphatic carbocycles. The van der Waals surface area contributed by atoms with Crippen molar-refractivity contribution in [3.05, 3.63) is 59.4 Å². The van der Waals surface area contributed by atoms with Gasteiger partial charge in [-0.15, -0.1) is 0 Å². The van der Waals surface area contributed by atoms with Crippen molar-refractivity contribution in [2.75, 3.05) is 5.32 Å². The molecule has 0 aliphatic heterocycles. The van der Waals surface area contributed by atoms with E-state index in [0.717, 1.165) is 11.1 Å². The van der Waals surface area contributed by atoms with Gasteiger partial charge in [0, 0.05) is 30.4 Å². The highest BCUT2D eigenvalue weighted by molar-refractivity contribution is 5.87. The maximum Gasteiger partial charge on any atom is 0.271 e. The second-order valence-corrected chi connectivity index (χ2v) is 3.96. The van der Waals surface area contributed by atoms with Crippen molar-refractivity contribution in [3.8, 4) is 11.1 Å². The monoisotopic (exact) mass is 255 g/mol. The molecule has 5 nitrogen and oxygen atoms in total. The van der Waals surface area contributed by atoms with Gasteiger partial charge in [-0.25, -0.2) is 0 Å². The molecule has 2 N–H and O–H groups in total. The van der Waals surface area contributed by atoms with E-state index in [1.54, 1.807) is 24.7 Å². The number of hydrogen-bond donors (Lipinski definition) is 2. The Balaban J connectivity index is 2.30. The molecule has 96 valence electrons. The number of carbonyl (C=O) groups is 1. The summed E-state index contributed by atoms with van der Waals surface area (Å²) in [6.07, 6.45) is 7.81. The third kappa shape index (κ3) is 3.38. The highest BCUT2D eigenvalue weighted by Crippen LogP contribution is 2.18. The van der Waals surface area contributed by atoms with E-state index in [0.29, 0.717) is 5.69 Å². The number of H-pyrrole nitrogens is 1. The van der Waals surface area contributed by atoms with Gasteiger partial charge in [-0.3, -0.25) is 14.6 Å². The first-order valence-corrected chi connectivity index (χ1v) is 5.73. The van der Waals surface area contributed by atoms with E-state index < -0.39 is 0 Å². The molecule has 0 saturated carbocycles. The fourth-order valence-corrected chi connectivity index (χ4v) is 1.55. The lowest BCUT2D eigenvalue weighted by Gasteiger charge is -2.04. The number of aromatic amines is 1. The molecule has 19 heavy (non-hydrogen) atoms. The zero-order chi connectivity index (χ0) is 13.7. The first-order chi connectivity index (χ1) is 9.16. The summed E-state index contributed by atoms with van der Waals surface area (Å²) in [6.45, 7) is 1.44. The lowest BCUT2D eigenvalue weighted by atomic mass is 10.1. The van der Waals surface area contributed by atoms with Crippen LogP contribution in [0.4, 0.5) is 5.69 Å². The largest absolute Gasteiger partial charge is 0.357 e. The van der Waals surface area contributed by atoms with Gasteiger partial charge in [0.05, 0.1) is 0 Å². The maximum absolute atomic E-state index is 11.6. The van der Waals surface area contributed by atoms with Crippen LogP contribution in [0.2, 0.25) is 0 Å². The normalized spacial score (nSPS) is 10.6. The van der Waals surface area contributed by atoms with E-state index >= 15 is 0 Å². The van der Waals surface area contributed by atoms with Crippen LogP contribution in [-0.4, -0.2) is 15.8 Å². The van der Waals surface area contributed by atoms with Crippen LogP contribution in [0.25, 0.3) is 11.1 Å². The number of nitrogens with zero attached hydrogens (tertiary/aromatic N) is 1. The molecule has 0 bridgehead atoms. The van der Waals surface area contributed by atoms with Gasteiger partial charge in [-0.2, -0.15) is 0 Å². The smallest absolute Gasteiger partial charge is 0.271 e. The SMILES string of the molecule is CC(=O)/C=C/Nc1cc(-c2ccncc2)c[nH]c1=O. The molecule has 0 aliphatic rings. The Hall–Kier alpha value is -2.69. The topological polar surface area (TPSA) is 74.8 Å². The van der Waals surface area contributed by atoms with Crippen molar-refractivity contribution >= 4 is 11.5 Å². The summed E-state index contributed by atoms with van der Waals surface area (Å²) in [7, 11) is 0. The van der Waals surface area contributed by atoms with E-state index in [4.69, 9.17) is 0 Å². The second kappa shape index (κ2) is 5.77. The molecule has 2 rings (SSSR count). The molecule has 0 fully saturated rings. The van der Waals surface area contributed by atoms with Crippen LogP contribution < -0.4 is 10.9 Å². The molecule has 0 unspecified atom stereocenters. The number of ketones is 1. The Morgan fingerprint density at radius 1 is 1.32 bits per heavy atom. The van der Waals surface area contributed by atoms with Crippen molar-refractivity contribution in [1.82, 2.24) is 9.97 Å². The second-order valence-electron chi connectivity index (χ2n) is 3.96. The van der Waals surface area contributed by atoms with Crippen LogP contribution in [0.5, 0.6) is 0 Å². The number of anilines is 1. The number of hydrogen-bond acceptors (Lipinski definition) is 4. The predicted octanol–water partition coefficient (Wildman–Crippen LogP) is 1.95. The fourth-order valence-electron chi connectivity index (χ4n) is 1.55. The molecule has 2 aromatic heterocycles. The summed E-state index contributed by atoms with van der Waals surface area (Å²) < 4.78 is 0. The van der Waals surface area contributed by atoms with Crippen LogP contribution in [0.1, 0.15) is 6.92 Å². The van der Waals surface area contributed by atoms with Gasteiger partial charge in [0.2, 0.25) is 0 Å². The molecule has 0 saturated heterocycles. The predicted molar refractivity (Wildman–Crippen MR) is 73.7 cm³/mol. The van der Waals surface area contributed by atoms with Gasteiger partial charge in [0.15, 0.2) is 5.78 Å². The molecule has 0 atom stereocenters. The van der Waals surface area contributed by atoms with Gasteiger partial charge in [-0.05, 0) is 36.8 Å². The van der Waals surface area contributed by atoms with Gasteiger partial charge >= 0.3 is 0 Å². The molecule has 0 spiro atoms. The first kappa shape index (κ1) is 12.8.